The van der Waals surface area contributed by atoms with Gasteiger partial charge in [0.15, 0.2) is 0 Å². The summed E-state index contributed by atoms with van der Waals surface area (Å²) in [5, 5.41) is 3.33. The first kappa shape index (κ1) is 11.0. The summed E-state index contributed by atoms with van der Waals surface area (Å²) in [6.45, 7) is 9.90. The highest BCUT2D eigenvalue weighted by molar-refractivity contribution is 4.80. The summed E-state index contributed by atoms with van der Waals surface area (Å²) in [6, 6.07) is 0. The van der Waals surface area contributed by atoms with E-state index in [-0.39, 0.29) is 5.60 Å². The maximum Gasteiger partial charge on any atom is 0.105 e. The van der Waals surface area contributed by atoms with Gasteiger partial charge in [-0.25, -0.2) is 0 Å². The highest BCUT2D eigenvalue weighted by Gasteiger charge is 2.30. The maximum atomic E-state index is 5.94. The zero-order valence-corrected chi connectivity index (χ0v) is 8.93. The molecule has 0 aromatic carbocycles. The van der Waals surface area contributed by atoms with Gasteiger partial charge >= 0.3 is 0 Å². The van der Waals surface area contributed by atoms with Crippen molar-refractivity contribution in [3.63, 3.8) is 0 Å². The van der Waals surface area contributed by atoms with Crippen LogP contribution in [0.15, 0.2) is 0 Å². The lowest BCUT2D eigenvalue weighted by Crippen LogP contribution is -2.48. The second-order valence-corrected chi connectivity index (χ2v) is 3.86. The van der Waals surface area contributed by atoms with Crippen molar-refractivity contribution in [3.8, 4) is 0 Å². The zero-order chi connectivity index (χ0) is 9.73. The molecule has 1 saturated heterocycles. The van der Waals surface area contributed by atoms with Crippen molar-refractivity contribution >= 4 is 0 Å². The molecule has 1 N–H and O–H groups in total. The van der Waals surface area contributed by atoms with E-state index in [9.17, 15) is 0 Å². The summed E-state index contributed by atoms with van der Waals surface area (Å²) >= 11 is 0. The molecule has 0 bridgehead atoms. The standard InChI is InChI=1S/C10H21NO2/c1-4-10(3,8-11-5-2)13-9-6-12-7-9/h9,11H,4-8H2,1-3H3. The third-order valence-corrected chi connectivity index (χ3v) is 2.56. The summed E-state index contributed by atoms with van der Waals surface area (Å²) in [5.41, 5.74) is -0.0234. The Balaban J connectivity index is 2.28. The quantitative estimate of drug-likeness (QED) is 0.677. The van der Waals surface area contributed by atoms with Crippen molar-refractivity contribution in [2.75, 3.05) is 26.3 Å². The molecule has 3 heteroatoms. The smallest absolute Gasteiger partial charge is 0.105 e. The van der Waals surface area contributed by atoms with Gasteiger partial charge in [-0.2, -0.15) is 0 Å². The summed E-state index contributed by atoms with van der Waals surface area (Å²) < 4.78 is 11.0. The minimum atomic E-state index is -0.0234. The Kier molecular flexibility index (Phi) is 4.16. The number of ether oxygens (including phenoxy) is 2. The molecule has 3 nitrogen and oxygen atoms in total. The van der Waals surface area contributed by atoms with Crippen LogP contribution in [0.5, 0.6) is 0 Å². The zero-order valence-electron chi connectivity index (χ0n) is 8.93. The van der Waals surface area contributed by atoms with E-state index in [4.69, 9.17) is 9.47 Å². The van der Waals surface area contributed by atoms with Crippen LogP contribution < -0.4 is 5.32 Å². The van der Waals surface area contributed by atoms with Gasteiger partial charge in [0.25, 0.3) is 0 Å². The van der Waals surface area contributed by atoms with Crippen molar-refractivity contribution < 1.29 is 9.47 Å². The Hall–Kier alpha value is -0.120. The van der Waals surface area contributed by atoms with Crippen LogP contribution in [0.3, 0.4) is 0 Å². The van der Waals surface area contributed by atoms with Crippen molar-refractivity contribution in [2.45, 2.75) is 38.9 Å². The van der Waals surface area contributed by atoms with E-state index in [1.807, 2.05) is 0 Å². The number of rotatable bonds is 6. The Morgan fingerprint density at radius 3 is 2.54 bits per heavy atom. The molecule has 1 rings (SSSR count). The van der Waals surface area contributed by atoms with Gasteiger partial charge in [-0.3, -0.25) is 0 Å². The Morgan fingerprint density at radius 1 is 1.46 bits per heavy atom. The molecule has 78 valence electrons. The minimum absolute atomic E-state index is 0.0234. The van der Waals surface area contributed by atoms with E-state index in [1.54, 1.807) is 0 Å². The van der Waals surface area contributed by atoms with Gasteiger partial charge in [0, 0.05) is 6.54 Å². The van der Waals surface area contributed by atoms with Crippen LogP contribution in [0.2, 0.25) is 0 Å². The number of nitrogens with one attached hydrogen (secondary N) is 1. The van der Waals surface area contributed by atoms with Crippen LogP contribution >= 0.6 is 0 Å². The van der Waals surface area contributed by atoms with Crippen LogP contribution in [0, 0.1) is 0 Å². The van der Waals surface area contributed by atoms with E-state index in [1.165, 1.54) is 0 Å². The van der Waals surface area contributed by atoms with Crippen LogP contribution in [-0.2, 0) is 9.47 Å². The number of likely N-dealkylation sites (N-methyl/N-ethyl adjacent to an activating group) is 1. The van der Waals surface area contributed by atoms with Crippen LogP contribution in [0.4, 0.5) is 0 Å². The fourth-order valence-corrected chi connectivity index (χ4v) is 1.32. The SMILES string of the molecule is CCNCC(C)(CC)OC1COC1. The Morgan fingerprint density at radius 2 is 2.15 bits per heavy atom. The monoisotopic (exact) mass is 187 g/mol. The van der Waals surface area contributed by atoms with Crippen molar-refractivity contribution in [1.82, 2.24) is 5.32 Å². The molecule has 0 aromatic rings. The number of hydrogen-bond acceptors (Lipinski definition) is 3. The van der Waals surface area contributed by atoms with Crippen LogP contribution in [0.1, 0.15) is 27.2 Å². The van der Waals surface area contributed by atoms with Crippen molar-refractivity contribution in [2.24, 2.45) is 0 Å². The van der Waals surface area contributed by atoms with E-state index >= 15 is 0 Å². The van der Waals surface area contributed by atoms with Crippen molar-refractivity contribution in [3.05, 3.63) is 0 Å². The lowest BCUT2D eigenvalue weighted by atomic mass is 10.0. The molecule has 0 amide bonds. The van der Waals surface area contributed by atoms with Gasteiger partial charge < -0.3 is 14.8 Å². The van der Waals surface area contributed by atoms with Gasteiger partial charge in [-0.05, 0) is 19.9 Å². The molecule has 0 saturated carbocycles. The first-order valence-electron chi connectivity index (χ1n) is 5.16. The molecule has 0 spiro atoms. The summed E-state index contributed by atoms with van der Waals surface area (Å²) in [7, 11) is 0. The molecule has 0 aliphatic carbocycles. The van der Waals surface area contributed by atoms with Gasteiger partial charge in [-0.1, -0.05) is 13.8 Å². The minimum Gasteiger partial charge on any atom is -0.376 e. The fraction of sp³-hybridized carbons (Fsp3) is 1.00. The lowest BCUT2D eigenvalue weighted by molar-refractivity contribution is -0.186. The summed E-state index contributed by atoms with van der Waals surface area (Å²) in [6.07, 6.45) is 1.36. The van der Waals surface area contributed by atoms with Gasteiger partial charge in [-0.15, -0.1) is 0 Å². The molecule has 1 aliphatic heterocycles. The topological polar surface area (TPSA) is 30.5 Å². The first-order valence-corrected chi connectivity index (χ1v) is 5.16. The van der Waals surface area contributed by atoms with Crippen LogP contribution in [-0.4, -0.2) is 38.0 Å². The molecular weight excluding hydrogens is 166 g/mol. The predicted molar refractivity (Wildman–Crippen MR) is 52.9 cm³/mol. The van der Waals surface area contributed by atoms with Crippen LogP contribution in [0.25, 0.3) is 0 Å². The molecule has 1 atom stereocenters. The first-order chi connectivity index (χ1) is 6.20. The average Bonchev–Trinajstić information content (AvgIpc) is 2.08. The van der Waals surface area contributed by atoms with E-state index in [0.717, 1.165) is 32.7 Å². The van der Waals surface area contributed by atoms with Crippen molar-refractivity contribution in [1.29, 1.82) is 0 Å². The Labute approximate surface area is 80.8 Å². The number of hydrogen-bond donors (Lipinski definition) is 1. The normalized spacial score (nSPS) is 22.4. The molecule has 13 heavy (non-hydrogen) atoms. The van der Waals surface area contributed by atoms with Gasteiger partial charge in [0.1, 0.15) is 6.10 Å². The predicted octanol–water partition coefficient (Wildman–Crippen LogP) is 1.18. The molecule has 1 aliphatic rings. The Bertz CT molecular complexity index is 148. The highest BCUT2D eigenvalue weighted by Crippen LogP contribution is 2.20. The van der Waals surface area contributed by atoms with E-state index in [2.05, 4.69) is 26.1 Å². The molecular formula is C10H21NO2. The molecule has 1 fully saturated rings. The molecule has 1 unspecified atom stereocenters. The van der Waals surface area contributed by atoms with Gasteiger partial charge in [0.05, 0.1) is 18.8 Å². The summed E-state index contributed by atoms with van der Waals surface area (Å²) in [5.74, 6) is 0. The molecule has 0 radical (unpaired) electrons. The second kappa shape index (κ2) is 4.94. The van der Waals surface area contributed by atoms with Gasteiger partial charge in [0.2, 0.25) is 0 Å². The third-order valence-electron chi connectivity index (χ3n) is 2.56. The second-order valence-electron chi connectivity index (χ2n) is 3.86. The molecule has 0 aromatic heterocycles. The maximum absolute atomic E-state index is 5.94. The lowest BCUT2D eigenvalue weighted by Gasteiger charge is -2.37. The third kappa shape index (κ3) is 3.25. The average molecular weight is 187 g/mol. The molecule has 1 heterocycles. The highest BCUT2D eigenvalue weighted by atomic mass is 16.6. The van der Waals surface area contributed by atoms with E-state index in [0.29, 0.717) is 6.10 Å². The van der Waals surface area contributed by atoms with E-state index < -0.39 is 0 Å². The summed E-state index contributed by atoms with van der Waals surface area (Å²) in [4.78, 5) is 0. The fourth-order valence-electron chi connectivity index (χ4n) is 1.32. The largest absolute Gasteiger partial charge is 0.376 e.